The number of ether oxygens (including phenoxy) is 1. The van der Waals surface area contributed by atoms with Crippen LogP contribution in [0.25, 0.3) is 0 Å². The number of carbonyl (C=O) groups excluding carboxylic acids is 2. The van der Waals surface area contributed by atoms with Gasteiger partial charge in [0.2, 0.25) is 11.8 Å². The Hall–Kier alpha value is -0.940. The van der Waals surface area contributed by atoms with E-state index in [1.165, 1.54) is 4.90 Å². The van der Waals surface area contributed by atoms with Crippen molar-refractivity contribution in [3.8, 4) is 0 Å². The van der Waals surface area contributed by atoms with Crippen LogP contribution < -0.4 is 5.73 Å². The third-order valence-corrected chi connectivity index (χ3v) is 2.69. The first-order valence-electron chi connectivity index (χ1n) is 4.90. The fourth-order valence-electron chi connectivity index (χ4n) is 1.89. The van der Waals surface area contributed by atoms with E-state index >= 15 is 0 Å². The van der Waals surface area contributed by atoms with E-state index < -0.39 is 6.04 Å². The van der Waals surface area contributed by atoms with Gasteiger partial charge in [-0.2, -0.15) is 0 Å². The van der Waals surface area contributed by atoms with E-state index in [9.17, 15) is 9.59 Å². The molecular weight excluding hydrogens is 184 g/mol. The van der Waals surface area contributed by atoms with Crippen LogP contribution in [0.15, 0.2) is 0 Å². The van der Waals surface area contributed by atoms with Crippen molar-refractivity contribution in [2.24, 2.45) is 5.73 Å². The Kier molecular flexibility index (Phi) is 2.52. The lowest BCUT2D eigenvalue weighted by Crippen LogP contribution is -2.39. The second-order valence-electron chi connectivity index (χ2n) is 3.79. The van der Waals surface area contributed by atoms with Crippen LogP contribution in [-0.4, -0.2) is 42.0 Å². The predicted octanol–water partition coefficient (Wildman–Crippen LogP) is -0.748. The van der Waals surface area contributed by atoms with Crippen LogP contribution in [0.3, 0.4) is 0 Å². The van der Waals surface area contributed by atoms with Crippen molar-refractivity contribution in [1.29, 1.82) is 0 Å². The first kappa shape index (κ1) is 9.61. The van der Waals surface area contributed by atoms with Crippen molar-refractivity contribution in [3.05, 3.63) is 0 Å². The second-order valence-corrected chi connectivity index (χ2v) is 3.79. The number of likely N-dealkylation sites (tertiary alicyclic amines) is 1. The SMILES string of the molecule is N[C@H]1CC(=O)N(CC2CCCO2)C1=O. The first-order chi connectivity index (χ1) is 6.68. The summed E-state index contributed by atoms with van der Waals surface area (Å²) in [6.45, 7) is 1.11. The minimum Gasteiger partial charge on any atom is -0.376 e. The minimum absolute atomic E-state index is 0.0215. The van der Waals surface area contributed by atoms with Gasteiger partial charge in [-0.1, -0.05) is 0 Å². The maximum absolute atomic E-state index is 11.4. The molecule has 2 atom stereocenters. The quantitative estimate of drug-likeness (QED) is 0.593. The van der Waals surface area contributed by atoms with Crippen LogP contribution in [0, 0.1) is 0 Å². The molecule has 1 unspecified atom stereocenters. The zero-order chi connectivity index (χ0) is 10.1. The number of nitrogens with zero attached hydrogens (tertiary/aromatic N) is 1. The Morgan fingerprint density at radius 3 is 2.79 bits per heavy atom. The Bertz CT molecular complexity index is 261. The number of rotatable bonds is 2. The minimum atomic E-state index is -0.635. The zero-order valence-corrected chi connectivity index (χ0v) is 7.94. The summed E-state index contributed by atoms with van der Waals surface area (Å²) in [6, 6.07) is -0.635. The topological polar surface area (TPSA) is 72.6 Å². The van der Waals surface area contributed by atoms with Gasteiger partial charge in [0.25, 0.3) is 0 Å². The van der Waals surface area contributed by atoms with Crippen molar-refractivity contribution < 1.29 is 14.3 Å². The molecule has 5 heteroatoms. The molecular formula is C9H14N2O3. The second kappa shape index (κ2) is 3.67. The van der Waals surface area contributed by atoms with Gasteiger partial charge >= 0.3 is 0 Å². The van der Waals surface area contributed by atoms with Crippen LogP contribution >= 0.6 is 0 Å². The van der Waals surface area contributed by atoms with Gasteiger partial charge in [0.1, 0.15) is 0 Å². The summed E-state index contributed by atoms with van der Waals surface area (Å²) in [5.41, 5.74) is 5.48. The Morgan fingerprint density at radius 2 is 2.29 bits per heavy atom. The van der Waals surface area contributed by atoms with Crippen LogP contribution in [0.1, 0.15) is 19.3 Å². The van der Waals surface area contributed by atoms with Crippen molar-refractivity contribution >= 4 is 11.8 Å². The monoisotopic (exact) mass is 198 g/mol. The molecule has 0 radical (unpaired) electrons. The normalized spacial score (nSPS) is 33.1. The standard InChI is InChI=1S/C9H14N2O3/c10-7-4-8(12)11(9(7)13)5-6-2-1-3-14-6/h6-7H,1-5,10H2/t6?,7-/m0/s1. The van der Waals surface area contributed by atoms with E-state index in [-0.39, 0.29) is 24.3 Å². The molecule has 0 bridgehead atoms. The lowest BCUT2D eigenvalue weighted by Gasteiger charge is -2.18. The highest BCUT2D eigenvalue weighted by molar-refractivity contribution is 6.05. The molecule has 0 spiro atoms. The molecule has 2 saturated heterocycles. The molecule has 2 amide bonds. The van der Waals surface area contributed by atoms with Crippen LogP contribution in [0.5, 0.6) is 0 Å². The highest BCUT2D eigenvalue weighted by atomic mass is 16.5. The smallest absolute Gasteiger partial charge is 0.246 e. The molecule has 5 nitrogen and oxygen atoms in total. The van der Waals surface area contributed by atoms with Gasteiger partial charge in [-0.25, -0.2) is 0 Å². The van der Waals surface area contributed by atoms with Crippen molar-refractivity contribution in [3.63, 3.8) is 0 Å². The Labute approximate surface area is 82.2 Å². The molecule has 0 saturated carbocycles. The van der Waals surface area contributed by atoms with Gasteiger partial charge in [0.15, 0.2) is 0 Å². The summed E-state index contributed by atoms with van der Waals surface area (Å²) in [4.78, 5) is 24.0. The predicted molar refractivity (Wildman–Crippen MR) is 48.3 cm³/mol. The fourth-order valence-corrected chi connectivity index (χ4v) is 1.89. The van der Waals surface area contributed by atoms with E-state index in [4.69, 9.17) is 10.5 Å². The van der Waals surface area contributed by atoms with Gasteiger partial charge < -0.3 is 10.5 Å². The van der Waals surface area contributed by atoms with Crippen molar-refractivity contribution in [1.82, 2.24) is 4.90 Å². The summed E-state index contributed by atoms with van der Waals surface area (Å²) in [5, 5.41) is 0. The van der Waals surface area contributed by atoms with E-state index in [1.807, 2.05) is 0 Å². The maximum Gasteiger partial charge on any atom is 0.246 e. The third-order valence-electron chi connectivity index (χ3n) is 2.69. The van der Waals surface area contributed by atoms with Gasteiger partial charge in [-0.05, 0) is 12.8 Å². The Balaban J connectivity index is 1.96. The van der Waals surface area contributed by atoms with Gasteiger partial charge in [0, 0.05) is 6.61 Å². The molecule has 0 aromatic heterocycles. The van der Waals surface area contributed by atoms with Crippen LogP contribution in [-0.2, 0) is 14.3 Å². The van der Waals surface area contributed by atoms with Crippen molar-refractivity contribution in [2.75, 3.05) is 13.2 Å². The van der Waals surface area contributed by atoms with Crippen LogP contribution in [0.4, 0.5) is 0 Å². The molecule has 2 aliphatic rings. The van der Waals surface area contributed by atoms with Crippen molar-refractivity contribution in [2.45, 2.75) is 31.4 Å². The average Bonchev–Trinajstić information content (AvgIpc) is 2.71. The van der Waals surface area contributed by atoms with E-state index in [0.29, 0.717) is 6.54 Å². The number of hydrogen-bond donors (Lipinski definition) is 1. The average molecular weight is 198 g/mol. The largest absolute Gasteiger partial charge is 0.376 e. The van der Waals surface area contributed by atoms with E-state index in [2.05, 4.69) is 0 Å². The van der Waals surface area contributed by atoms with Gasteiger partial charge in [-0.3, -0.25) is 14.5 Å². The Morgan fingerprint density at radius 1 is 1.50 bits per heavy atom. The number of carbonyl (C=O) groups is 2. The summed E-state index contributed by atoms with van der Waals surface area (Å²) >= 11 is 0. The molecule has 0 aromatic rings. The van der Waals surface area contributed by atoms with Gasteiger partial charge in [-0.15, -0.1) is 0 Å². The number of hydrogen-bond acceptors (Lipinski definition) is 4. The summed E-state index contributed by atoms with van der Waals surface area (Å²) in [5.74, 6) is -0.427. The lowest BCUT2D eigenvalue weighted by molar-refractivity contribution is -0.140. The summed E-state index contributed by atoms with van der Waals surface area (Å²) in [6.07, 6.45) is 2.10. The lowest BCUT2D eigenvalue weighted by atomic mass is 10.2. The zero-order valence-electron chi connectivity index (χ0n) is 7.94. The molecule has 0 aromatic carbocycles. The van der Waals surface area contributed by atoms with Crippen LogP contribution in [0.2, 0.25) is 0 Å². The molecule has 14 heavy (non-hydrogen) atoms. The molecule has 78 valence electrons. The first-order valence-corrected chi connectivity index (χ1v) is 4.90. The summed E-state index contributed by atoms with van der Waals surface area (Å²) in [7, 11) is 0. The molecule has 2 rings (SSSR count). The maximum atomic E-state index is 11.4. The molecule has 2 fully saturated rings. The molecule has 2 aliphatic heterocycles. The third kappa shape index (κ3) is 1.65. The molecule has 2 N–H and O–H groups in total. The van der Waals surface area contributed by atoms with E-state index in [1.54, 1.807) is 0 Å². The van der Waals surface area contributed by atoms with Gasteiger partial charge in [0.05, 0.1) is 25.1 Å². The number of imide groups is 1. The molecule has 2 heterocycles. The fraction of sp³-hybridized carbons (Fsp3) is 0.778. The molecule has 0 aliphatic carbocycles. The number of nitrogens with two attached hydrogens (primary N) is 1. The highest BCUT2D eigenvalue weighted by Gasteiger charge is 2.37. The highest BCUT2D eigenvalue weighted by Crippen LogP contribution is 2.17. The number of amides is 2. The summed E-state index contributed by atoms with van der Waals surface area (Å²) < 4.78 is 5.36. The van der Waals surface area contributed by atoms with E-state index in [0.717, 1.165) is 19.4 Å².